The van der Waals surface area contributed by atoms with Gasteiger partial charge in [0.05, 0.1) is 17.1 Å². The fraction of sp³-hybridized carbons (Fsp3) is 0.182. The van der Waals surface area contributed by atoms with Gasteiger partial charge in [0.1, 0.15) is 6.26 Å². The van der Waals surface area contributed by atoms with E-state index in [1.165, 1.54) is 18.4 Å². The molecule has 0 fully saturated rings. The van der Waals surface area contributed by atoms with Crippen molar-refractivity contribution in [1.29, 1.82) is 0 Å². The molecule has 0 amide bonds. The SMILES string of the molecule is NCc1ccc(S(=O)(=O)NCc2ccon2)cc1. The molecule has 2 aromatic rings. The van der Waals surface area contributed by atoms with Gasteiger partial charge < -0.3 is 10.3 Å². The third-order valence-electron chi connectivity index (χ3n) is 2.40. The molecule has 7 heteroatoms. The van der Waals surface area contributed by atoms with Crippen LogP contribution in [0.5, 0.6) is 0 Å². The molecule has 18 heavy (non-hydrogen) atoms. The van der Waals surface area contributed by atoms with Crippen LogP contribution in [-0.4, -0.2) is 13.6 Å². The summed E-state index contributed by atoms with van der Waals surface area (Å²) < 4.78 is 30.9. The van der Waals surface area contributed by atoms with Crippen LogP contribution in [0.1, 0.15) is 11.3 Å². The van der Waals surface area contributed by atoms with Gasteiger partial charge in [-0.2, -0.15) is 0 Å². The summed E-state index contributed by atoms with van der Waals surface area (Å²) in [5.41, 5.74) is 6.85. The highest BCUT2D eigenvalue weighted by molar-refractivity contribution is 7.89. The first kappa shape index (κ1) is 12.7. The van der Waals surface area contributed by atoms with Gasteiger partial charge in [-0.15, -0.1) is 0 Å². The van der Waals surface area contributed by atoms with Crippen LogP contribution in [0.4, 0.5) is 0 Å². The number of nitrogens with one attached hydrogen (secondary N) is 1. The van der Waals surface area contributed by atoms with Gasteiger partial charge in [0.25, 0.3) is 0 Å². The van der Waals surface area contributed by atoms with Gasteiger partial charge in [0, 0.05) is 12.6 Å². The smallest absolute Gasteiger partial charge is 0.240 e. The molecule has 3 N–H and O–H groups in total. The fourth-order valence-electron chi connectivity index (χ4n) is 1.39. The zero-order valence-corrected chi connectivity index (χ0v) is 10.4. The first-order valence-electron chi connectivity index (χ1n) is 5.30. The van der Waals surface area contributed by atoms with Gasteiger partial charge in [-0.05, 0) is 17.7 Å². The van der Waals surface area contributed by atoms with Crippen molar-refractivity contribution < 1.29 is 12.9 Å². The molecule has 0 radical (unpaired) electrons. The lowest BCUT2D eigenvalue weighted by Crippen LogP contribution is -2.23. The van der Waals surface area contributed by atoms with E-state index >= 15 is 0 Å². The Morgan fingerprint density at radius 3 is 2.50 bits per heavy atom. The lowest BCUT2D eigenvalue weighted by molar-refractivity contribution is 0.411. The highest BCUT2D eigenvalue weighted by Gasteiger charge is 2.13. The van der Waals surface area contributed by atoms with Crippen LogP contribution in [0.25, 0.3) is 0 Å². The van der Waals surface area contributed by atoms with Crippen LogP contribution in [-0.2, 0) is 23.1 Å². The van der Waals surface area contributed by atoms with Gasteiger partial charge in [-0.3, -0.25) is 0 Å². The van der Waals surface area contributed by atoms with E-state index in [4.69, 9.17) is 5.73 Å². The number of nitrogens with two attached hydrogens (primary N) is 1. The molecule has 2 rings (SSSR count). The van der Waals surface area contributed by atoms with Crippen molar-refractivity contribution in [1.82, 2.24) is 9.88 Å². The molecule has 0 spiro atoms. The van der Waals surface area contributed by atoms with Gasteiger partial charge in [0.15, 0.2) is 0 Å². The summed E-state index contributed by atoms with van der Waals surface area (Å²) >= 11 is 0. The highest BCUT2D eigenvalue weighted by atomic mass is 32.2. The normalized spacial score (nSPS) is 11.6. The summed E-state index contributed by atoms with van der Waals surface area (Å²) in [5.74, 6) is 0. The van der Waals surface area contributed by atoms with Gasteiger partial charge in [-0.25, -0.2) is 13.1 Å². The fourth-order valence-corrected chi connectivity index (χ4v) is 2.38. The molecule has 0 aliphatic heterocycles. The molecule has 96 valence electrons. The van der Waals surface area contributed by atoms with E-state index < -0.39 is 10.0 Å². The summed E-state index contributed by atoms with van der Waals surface area (Å²) in [6.07, 6.45) is 1.39. The number of nitrogens with zero attached hydrogens (tertiary/aromatic N) is 1. The van der Waals surface area contributed by atoms with Crippen molar-refractivity contribution in [2.24, 2.45) is 5.73 Å². The van der Waals surface area contributed by atoms with Crippen LogP contribution in [0.3, 0.4) is 0 Å². The van der Waals surface area contributed by atoms with E-state index in [0.717, 1.165) is 5.56 Å². The summed E-state index contributed by atoms with van der Waals surface area (Å²) in [5, 5.41) is 3.62. The minimum atomic E-state index is -3.53. The Bertz CT molecular complexity index is 591. The molecule has 1 heterocycles. The third-order valence-corrected chi connectivity index (χ3v) is 3.82. The predicted molar refractivity (Wildman–Crippen MR) is 64.9 cm³/mol. The van der Waals surface area contributed by atoms with Crippen molar-refractivity contribution in [3.05, 3.63) is 47.9 Å². The zero-order valence-electron chi connectivity index (χ0n) is 9.54. The topological polar surface area (TPSA) is 98.2 Å². The Hall–Kier alpha value is -1.70. The Labute approximate surface area is 105 Å². The lowest BCUT2D eigenvalue weighted by Gasteiger charge is -2.05. The number of hydrogen-bond donors (Lipinski definition) is 2. The van der Waals surface area contributed by atoms with Crippen molar-refractivity contribution in [2.75, 3.05) is 0 Å². The van der Waals surface area contributed by atoms with Crippen LogP contribution >= 0.6 is 0 Å². The summed E-state index contributed by atoms with van der Waals surface area (Å²) in [6, 6.07) is 8.01. The average Bonchev–Trinajstić information content (AvgIpc) is 2.90. The van der Waals surface area contributed by atoms with Crippen molar-refractivity contribution in [2.45, 2.75) is 18.0 Å². The Kier molecular flexibility index (Phi) is 3.75. The maximum Gasteiger partial charge on any atom is 0.240 e. The molecular formula is C11H13N3O3S. The van der Waals surface area contributed by atoms with Gasteiger partial charge >= 0.3 is 0 Å². The number of hydrogen-bond acceptors (Lipinski definition) is 5. The molecule has 0 saturated heterocycles. The summed E-state index contributed by atoms with van der Waals surface area (Å²) in [7, 11) is -3.53. The zero-order chi connectivity index (χ0) is 13.0. The second-order valence-electron chi connectivity index (χ2n) is 3.66. The van der Waals surface area contributed by atoms with E-state index in [1.54, 1.807) is 18.2 Å². The second kappa shape index (κ2) is 5.30. The lowest BCUT2D eigenvalue weighted by atomic mass is 10.2. The summed E-state index contributed by atoms with van der Waals surface area (Å²) in [4.78, 5) is 0.197. The maximum absolute atomic E-state index is 11.9. The van der Waals surface area contributed by atoms with E-state index in [0.29, 0.717) is 12.2 Å². The second-order valence-corrected chi connectivity index (χ2v) is 5.43. The Morgan fingerprint density at radius 2 is 1.94 bits per heavy atom. The third kappa shape index (κ3) is 2.95. The van der Waals surface area contributed by atoms with Crippen LogP contribution < -0.4 is 10.5 Å². The maximum atomic E-state index is 11.9. The molecule has 6 nitrogen and oxygen atoms in total. The van der Waals surface area contributed by atoms with Crippen molar-refractivity contribution in [3.63, 3.8) is 0 Å². The molecule has 0 aliphatic carbocycles. The predicted octanol–water partition coefficient (Wildman–Crippen LogP) is 0.612. The minimum absolute atomic E-state index is 0.0947. The van der Waals surface area contributed by atoms with Gasteiger partial charge in [0.2, 0.25) is 10.0 Å². The van der Waals surface area contributed by atoms with Crippen LogP contribution in [0.2, 0.25) is 0 Å². The molecule has 0 unspecified atom stereocenters. The highest BCUT2D eigenvalue weighted by Crippen LogP contribution is 2.10. The van der Waals surface area contributed by atoms with E-state index in [1.807, 2.05) is 0 Å². The molecule has 1 aromatic carbocycles. The molecular weight excluding hydrogens is 254 g/mol. The van der Waals surface area contributed by atoms with Crippen LogP contribution in [0.15, 0.2) is 46.0 Å². The first-order chi connectivity index (χ1) is 8.62. The average molecular weight is 267 g/mol. The van der Waals surface area contributed by atoms with E-state index in [-0.39, 0.29) is 11.4 Å². The molecule has 1 aromatic heterocycles. The Morgan fingerprint density at radius 1 is 1.22 bits per heavy atom. The number of sulfonamides is 1. The number of benzene rings is 1. The van der Waals surface area contributed by atoms with Gasteiger partial charge in [-0.1, -0.05) is 17.3 Å². The standard InChI is InChI=1S/C11H13N3O3S/c12-7-9-1-3-11(4-2-9)18(15,16)13-8-10-5-6-17-14-10/h1-6,13H,7-8,12H2. The number of rotatable bonds is 5. The molecule has 0 saturated carbocycles. The first-order valence-corrected chi connectivity index (χ1v) is 6.78. The molecule has 0 bridgehead atoms. The van der Waals surface area contributed by atoms with Crippen molar-refractivity contribution >= 4 is 10.0 Å². The monoisotopic (exact) mass is 267 g/mol. The molecule has 0 atom stereocenters. The van der Waals surface area contributed by atoms with E-state index in [9.17, 15) is 8.42 Å². The minimum Gasteiger partial charge on any atom is -0.364 e. The summed E-state index contributed by atoms with van der Waals surface area (Å²) in [6.45, 7) is 0.476. The Balaban J connectivity index is 2.09. The quantitative estimate of drug-likeness (QED) is 0.827. The van der Waals surface area contributed by atoms with E-state index in [2.05, 4.69) is 14.4 Å². The molecule has 0 aliphatic rings. The van der Waals surface area contributed by atoms with Crippen molar-refractivity contribution in [3.8, 4) is 0 Å². The van der Waals surface area contributed by atoms with Crippen LogP contribution in [0, 0.1) is 0 Å². The number of aromatic nitrogens is 1. The largest absolute Gasteiger partial charge is 0.364 e.